The number of benzene rings is 1. The number of aryl methyl sites for hydroxylation is 1. The van der Waals surface area contributed by atoms with E-state index in [0.717, 1.165) is 11.3 Å². The van der Waals surface area contributed by atoms with Gasteiger partial charge in [0.25, 0.3) is 0 Å². The van der Waals surface area contributed by atoms with Crippen LogP contribution in [0.5, 0.6) is 5.75 Å². The maximum Gasteiger partial charge on any atom is 0.240 e. The van der Waals surface area contributed by atoms with E-state index in [1.807, 2.05) is 26.0 Å². The largest absolute Gasteiger partial charge is 0.494 e. The van der Waals surface area contributed by atoms with Crippen molar-refractivity contribution in [2.75, 3.05) is 30.3 Å². The summed E-state index contributed by atoms with van der Waals surface area (Å²) in [5.41, 5.74) is 1.63. The third-order valence-electron chi connectivity index (χ3n) is 4.10. The zero-order valence-electron chi connectivity index (χ0n) is 16.8. The van der Waals surface area contributed by atoms with Crippen LogP contribution in [0.2, 0.25) is 0 Å². The first-order valence-electron chi connectivity index (χ1n) is 9.45. The molecular weight excluding hydrogens is 404 g/mol. The summed E-state index contributed by atoms with van der Waals surface area (Å²) in [5, 5.41) is 14.3. The smallest absolute Gasteiger partial charge is 0.240 e. The molecule has 0 atom stereocenters. The SMILES string of the molecule is CCOc1ccc(S(=O)(=O)NCCNc2ccc(Nc3ccncc3)nn2)cc1C. The van der Waals surface area contributed by atoms with E-state index in [-0.39, 0.29) is 11.4 Å². The van der Waals surface area contributed by atoms with Crippen LogP contribution in [0.1, 0.15) is 12.5 Å². The Balaban J connectivity index is 1.48. The molecular formula is C20H24N6O3S. The van der Waals surface area contributed by atoms with E-state index in [2.05, 4.69) is 30.5 Å². The number of ether oxygens (including phenoxy) is 1. The summed E-state index contributed by atoms with van der Waals surface area (Å²) in [5.74, 6) is 1.82. The molecule has 0 unspecified atom stereocenters. The fourth-order valence-corrected chi connectivity index (χ4v) is 3.76. The summed E-state index contributed by atoms with van der Waals surface area (Å²) in [7, 11) is -3.61. The number of aromatic nitrogens is 3. The normalized spacial score (nSPS) is 11.1. The van der Waals surface area contributed by atoms with Crippen molar-refractivity contribution < 1.29 is 13.2 Å². The quantitative estimate of drug-likeness (QED) is 0.422. The van der Waals surface area contributed by atoms with E-state index in [1.165, 1.54) is 6.07 Å². The van der Waals surface area contributed by atoms with Crippen LogP contribution < -0.4 is 20.1 Å². The first kappa shape index (κ1) is 21.5. The summed E-state index contributed by atoms with van der Waals surface area (Å²) in [6, 6.07) is 12.0. The van der Waals surface area contributed by atoms with Crippen LogP contribution in [0.15, 0.2) is 59.8 Å². The number of hydrogen-bond donors (Lipinski definition) is 3. The highest BCUT2D eigenvalue weighted by molar-refractivity contribution is 7.89. The number of sulfonamides is 1. The average molecular weight is 429 g/mol. The maximum absolute atomic E-state index is 12.5. The Labute approximate surface area is 176 Å². The number of anilines is 3. The minimum Gasteiger partial charge on any atom is -0.494 e. The highest BCUT2D eigenvalue weighted by Gasteiger charge is 2.15. The molecule has 0 spiro atoms. The average Bonchev–Trinajstić information content (AvgIpc) is 2.75. The fourth-order valence-electron chi connectivity index (χ4n) is 2.64. The van der Waals surface area contributed by atoms with Gasteiger partial charge in [-0.2, -0.15) is 0 Å². The molecule has 0 aliphatic heterocycles. The van der Waals surface area contributed by atoms with Gasteiger partial charge < -0.3 is 15.4 Å². The molecule has 0 aliphatic carbocycles. The predicted molar refractivity (Wildman–Crippen MR) is 116 cm³/mol. The van der Waals surface area contributed by atoms with Crippen molar-refractivity contribution in [3.8, 4) is 5.75 Å². The van der Waals surface area contributed by atoms with Gasteiger partial charge in [-0.1, -0.05) is 0 Å². The Hall–Kier alpha value is -3.24. The summed E-state index contributed by atoms with van der Waals surface area (Å²) in [6.45, 7) is 4.79. The van der Waals surface area contributed by atoms with Crippen molar-refractivity contribution in [3.05, 3.63) is 60.4 Å². The molecule has 10 heteroatoms. The first-order chi connectivity index (χ1) is 14.5. The second-order valence-corrected chi connectivity index (χ2v) is 8.12. The molecule has 2 aromatic heterocycles. The summed E-state index contributed by atoms with van der Waals surface area (Å²) in [6.07, 6.45) is 3.36. The molecule has 0 saturated carbocycles. The Morgan fingerprint density at radius 1 is 0.967 bits per heavy atom. The van der Waals surface area contributed by atoms with Gasteiger partial charge in [-0.25, -0.2) is 13.1 Å². The van der Waals surface area contributed by atoms with Crippen LogP contribution in [0, 0.1) is 6.92 Å². The van der Waals surface area contributed by atoms with Gasteiger partial charge >= 0.3 is 0 Å². The number of nitrogens with one attached hydrogen (secondary N) is 3. The van der Waals surface area contributed by atoms with Gasteiger partial charge in [0.15, 0.2) is 5.82 Å². The molecule has 0 bridgehead atoms. The Morgan fingerprint density at radius 2 is 1.70 bits per heavy atom. The monoisotopic (exact) mass is 428 g/mol. The number of hydrogen-bond acceptors (Lipinski definition) is 8. The lowest BCUT2D eigenvalue weighted by atomic mass is 10.2. The maximum atomic E-state index is 12.5. The van der Waals surface area contributed by atoms with Crippen LogP contribution in [0.25, 0.3) is 0 Å². The summed E-state index contributed by atoms with van der Waals surface area (Å²) < 4.78 is 32.9. The van der Waals surface area contributed by atoms with Crippen LogP contribution in [-0.4, -0.2) is 43.3 Å². The van der Waals surface area contributed by atoms with Crippen LogP contribution in [0.4, 0.5) is 17.3 Å². The van der Waals surface area contributed by atoms with E-state index in [9.17, 15) is 8.42 Å². The van der Waals surface area contributed by atoms with Crippen molar-refractivity contribution in [1.82, 2.24) is 19.9 Å². The molecule has 0 saturated heterocycles. The van der Waals surface area contributed by atoms with Crippen molar-refractivity contribution in [2.45, 2.75) is 18.7 Å². The zero-order valence-corrected chi connectivity index (χ0v) is 17.6. The van der Waals surface area contributed by atoms with Crippen LogP contribution in [0.3, 0.4) is 0 Å². The molecule has 9 nitrogen and oxygen atoms in total. The number of pyridine rings is 1. The molecule has 0 aliphatic rings. The topological polar surface area (TPSA) is 118 Å². The van der Waals surface area contributed by atoms with Gasteiger partial charge in [0.05, 0.1) is 11.5 Å². The van der Waals surface area contributed by atoms with Crippen molar-refractivity contribution in [3.63, 3.8) is 0 Å². The van der Waals surface area contributed by atoms with E-state index < -0.39 is 10.0 Å². The highest BCUT2D eigenvalue weighted by atomic mass is 32.2. The van der Waals surface area contributed by atoms with Gasteiger partial charge in [-0.15, -0.1) is 10.2 Å². The third-order valence-corrected chi connectivity index (χ3v) is 5.56. The zero-order chi connectivity index (χ0) is 21.4. The van der Waals surface area contributed by atoms with Gasteiger partial charge in [0.2, 0.25) is 10.0 Å². The highest BCUT2D eigenvalue weighted by Crippen LogP contribution is 2.21. The van der Waals surface area contributed by atoms with Crippen LogP contribution >= 0.6 is 0 Å². The standard InChI is InChI=1S/C20H24N6O3S/c1-3-29-18-5-4-17(14-15(18)2)30(27,28)23-13-12-22-19-6-7-20(26-25-19)24-16-8-10-21-11-9-16/h4-11,14,23H,3,12-13H2,1-2H3,(H,22,25)(H,21,24,26). The molecule has 2 heterocycles. The van der Waals surface area contributed by atoms with Gasteiger partial charge in [-0.3, -0.25) is 4.98 Å². The number of rotatable bonds is 10. The lowest BCUT2D eigenvalue weighted by molar-refractivity contribution is 0.337. The van der Waals surface area contributed by atoms with Gasteiger partial charge in [-0.05, 0) is 61.9 Å². The Morgan fingerprint density at radius 3 is 2.37 bits per heavy atom. The molecule has 3 rings (SSSR count). The second-order valence-electron chi connectivity index (χ2n) is 6.35. The summed E-state index contributed by atoms with van der Waals surface area (Å²) in [4.78, 5) is 4.16. The Bertz CT molecular complexity index is 1060. The lowest BCUT2D eigenvalue weighted by Crippen LogP contribution is -2.29. The summed E-state index contributed by atoms with van der Waals surface area (Å²) >= 11 is 0. The van der Waals surface area contributed by atoms with E-state index in [1.54, 1.807) is 36.7 Å². The molecule has 3 aromatic rings. The predicted octanol–water partition coefficient (Wildman–Crippen LogP) is 2.71. The van der Waals surface area contributed by atoms with Crippen molar-refractivity contribution >= 4 is 27.3 Å². The molecule has 0 amide bonds. The van der Waals surface area contributed by atoms with Gasteiger partial charge in [0, 0.05) is 31.2 Å². The first-order valence-corrected chi connectivity index (χ1v) is 10.9. The number of nitrogens with zero attached hydrogens (tertiary/aromatic N) is 3. The minimum absolute atomic E-state index is 0.202. The van der Waals surface area contributed by atoms with E-state index >= 15 is 0 Å². The molecule has 3 N–H and O–H groups in total. The van der Waals surface area contributed by atoms with E-state index in [4.69, 9.17) is 4.74 Å². The van der Waals surface area contributed by atoms with Crippen molar-refractivity contribution in [1.29, 1.82) is 0 Å². The third kappa shape index (κ3) is 5.88. The molecule has 158 valence electrons. The Kier molecular flexibility index (Phi) is 7.15. The fraction of sp³-hybridized carbons (Fsp3) is 0.250. The van der Waals surface area contributed by atoms with E-state index in [0.29, 0.717) is 30.5 Å². The molecule has 1 aromatic carbocycles. The van der Waals surface area contributed by atoms with Gasteiger partial charge in [0.1, 0.15) is 11.6 Å². The van der Waals surface area contributed by atoms with Crippen LogP contribution in [-0.2, 0) is 10.0 Å². The molecule has 0 fully saturated rings. The second kappa shape index (κ2) is 9.99. The lowest BCUT2D eigenvalue weighted by Gasteiger charge is -2.11. The minimum atomic E-state index is -3.61. The van der Waals surface area contributed by atoms with Crippen molar-refractivity contribution in [2.24, 2.45) is 0 Å². The molecule has 0 radical (unpaired) electrons. The molecule has 30 heavy (non-hydrogen) atoms.